The van der Waals surface area contributed by atoms with Crippen LogP contribution >= 0.6 is 0 Å². The standard InChI is InChI=1S/C18H25N3O2/c1-3-14(20)16(21-9-5-4-6-10-21)17(23)18(2)8-7-15(22)13(11-18)12-19/h14,16,22H,3-6,9-11,20H2,1-2H3. The van der Waals surface area contributed by atoms with Crippen molar-refractivity contribution >= 4 is 5.78 Å². The molecule has 1 aliphatic carbocycles. The average molecular weight is 315 g/mol. The number of ketones is 1. The number of rotatable bonds is 5. The van der Waals surface area contributed by atoms with Gasteiger partial charge in [0, 0.05) is 12.5 Å². The molecule has 1 heterocycles. The van der Waals surface area contributed by atoms with Gasteiger partial charge >= 0.3 is 0 Å². The highest BCUT2D eigenvalue weighted by Gasteiger charge is 2.43. The number of Topliss-reactive ketones (excluding diaryl/α,β-unsaturated/α-hetero) is 1. The molecule has 5 heteroatoms. The van der Waals surface area contributed by atoms with E-state index in [1.165, 1.54) is 6.42 Å². The second kappa shape index (κ2) is 7.17. The van der Waals surface area contributed by atoms with Crippen molar-refractivity contribution in [3.8, 4) is 17.9 Å². The second-order valence-electron chi connectivity index (χ2n) is 6.68. The summed E-state index contributed by atoms with van der Waals surface area (Å²) in [5, 5.41) is 18.8. The Morgan fingerprint density at radius 2 is 2.13 bits per heavy atom. The summed E-state index contributed by atoms with van der Waals surface area (Å²) >= 11 is 0. The first-order valence-electron chi connectivity index (χ1n) is 8.32. The molecule has 23 heavy (non-hydrogen) atoms. The number of likely N-dealkylation sites (tertiary alicyclic amines) is 1. The van der Waals surface area contributed by atoms with Crippen molar-refractivity contribution in [1.29, 1.82) is 5.26 Å². The van der Waals surface area contributed by atoms with Crippen LogP contribution < -0.4 is 5.73 Å². The number of carbonyl (C=O) groups is 1. The Balaban J connectivity index is 2.29. The van der Waals surface area contributed by atoms with Gasteiger partial charge in [-0.15, -0.1) is 0 Å². The summed E-state index contributed by atoms with van der Waals surface area (Å²) in [6.07, 6.45) is 4.20. The van der Waals surface area contributed by atoms with Gasteiger partial charge in [-0.3, -0.25) is 9.69 Å². The van der Waals surface area contributed by atoms with E-state index in [1.807, 2.05) is 13.0 Å². The van der Waals surface area contributed by atoms with Crippen LogP contribution in [-0.4, -0.2) is 41.0 Å². The molecule has 0 bridgehead atoms. The number of aliphatic hydroxyl groups is 1. The maximum absolute atomic E-state index is 13.3. The predicted octanol–water partition coefficient (Wildman–Crippen LogP) is 1.90. The molecule has 3 N–H and O–H groups in total. The minimum absolute atomic E-state index is 0.0264. The Morgan fingerprint density at radius 1 is 1.48 bits per heavy atom. The molecule has 3 unspecified atom stereocenters. The predicted molar refractivity (Wildman–Crippen MR) is 88.3 cm³/mol. The highest BCUT2D eigenvalue weighted by Crippen LogP contribution is 2.33. The van der Waals surface area contributed by atoms with Gasteiger partial charge in [0.25, 0.3) is 0 Å². The third kappa shape index (κ3) is 3.58. The lowest BCUT2D eigenvalue weighted by atomic mass is 9.73. The van der Waals surface area contributed by atoms with Crippen LogP contribution in [-0.2, 0) is 4.79 Å². The SMILES string of the molecule is CCC(N)C(C(=O)C1(C)C#CC(O)=C(C#N)C1)N1CCCCC1. The van der Waals surface area contributed by atoms with Crippen LogP contribution in [0.5, 0.6) is 0 Å². The Labute approximate surface area is 138 Å². The van der Waals surface area contributed by atoms with Gasteiger partial charge in [0.2, 0.25) is 0 Å². The van der Waals surface area contributed by atoms with E-state index in [0.29, 0.717) is 6.42 Å². The molecular formula is C18H25N3O2. The van der Waals surface area contributed by atoms with Gasteiger partial charge in [-0.1, -0.05) is 19.3 Å². The number of aliphatic hydroxyl groups excluding tert-OH is 1. The van der Waals surface area contributed by atoms with Crippen molar-refractivity contribution in [2.24, 2.45) is 11.1 Å². The van der Waals surface area contributed by atoms with E-state index in [0.717, 1.165) is 25.9 Å². The Kier molecular flexibility index (Phi) is 5.46. The summed E-state index contributed by atoms with van der Waals surface area (Å²) in [6.45, 7) is 5.49. The lowest BCUT2D eigenvalue weighted by Crippen LogP contribution is -2.57. The number of hydrogen-bond acceptors (Lipinski definition) is 5. The van der Waals surface area contributed by atoms with Gasteiger partial charge in [0.05, 0.1) is 23.1 Å². The van der Waals surface area contributed by atoms with Crippen LogP contribution in [0.15, 0.2) is 11.3 Å². The fraction of sp³-hybridized carbons (Fsp3) is 0.667. The number of carbonyl (C=O) groups excluding carboxylic acids is 1. The average Bonchev–Trinajstić information content (AvgIpc) is 2.58. The zero-order valence-corrected chi connectivity index (χ0v) is 13.9. The van der Waals surface area contributed by atoms with E-state index in [1.54, 1.807) is 6.92 Å². The molecule has 0 radical (unpaired) electrons. The normalized spacial score (nSPS) is 27.6. The fourth-order valence-corrected chi connectivity index (χ4v) is 3.37. The molecule has 124 valence electrons. The molecule has 2 aliphatic rings. The van der Waals surface area contributed by atoms with Gasteiger partial charge in [-0.2, -0.15) is 5.26 Å². The number of nitriles is 1. The molecular weight excluding hydrogens is 290 g/mol. The van der Waals surface area contributed by atoms with Crippen molar-refractivity contribution in [2.75, 3.05) is 13.1 Å². The van der Waals surface area contributed by atoms with Crippen LogP contribution in [0.4, 0.5) is 0 Å². The zero-order valence-electron chi connectivity index (χ0n) is 13.9. The molecule has 0 amide bonds. The van der Waals surface area contributed by atoms with E-state index in [9.17, 15) is 9.90 Å². The molecule has 1 aliphatic heterocycles. The largest absolute Gasteiger partial charge is 0.500 e. The lowest BCUT2D eigenvalue weighted by molar-refractivity contribution is -0.132. The van der Waals surface area contributed by atoms with Crippen LogP contribution in [0.2, 0.25) is 0 Å². The first-order chi connectivity index (χ1) is 10.9. The molecule has 2 rings (SSSR count). The molecule has 5 nitrogen and oxygen atoms in total. The van der Waals surface area contributed by atoms with Crippen molar-refractivity contribution in [2.45, 2.75) is 58.0 Å². The monoisotopic (exact) mass is 315 g/mol. The highest BCUT2D eigenvalue weighted by atomic mass is 16.3. The molecule has 0 aromatic carbocycles. The van der Waals surface area contributed by atoms with Crippen LogP contribution in [0.25, 0.3) is 0 Å². The van der Waals surface area contributed by atoms with Crippen molar-refractivity contribution in [1.82, 2.24) is 4.90 Å². The summed E-state index contributed by atoms with van der Waals surface area (Å²) in [5.74, 6) is 5.18. The topological polar surface area (TPSA) is 90.4 Å². The van der Waals surface area contributed by atoms with Gasteiger partial charge < -0.3 is 10.8 Å². The highest BCUT2D eigenvalue weighted by molar-refractivity contribution is 5.93. The number of allylic oxidation sites excluding steroid dienone is 2. The van der Waals surface area contributed by atoms with Gasteiger partial charge in [-0.25, -0.2) is 0 Å². The lowest BCUT2D eigenvalue weighted by Gasteiger charge is -2.40. The molecule has 0 aromatic heterocycles. The van der Waals surface area contributed by atoms with Crippen LogP contribution in [0, 0.1) is 28.6 Å². The van der Waals surface area contributed by atoms with Gasteiger partial charge in [0.1, 0.15) is 0 Å². The minimum atomic E-state index is -0.966. The van der Waals surface area contributed by atoms with E-state index >= 15 is 0 Å². The molecule has 0 saturated carbocycles. The number of hydrogen-bond donors (Lipinski definition) is 2. The van der Waals surface area contributed by atoms with E-state index in [-0.39, 0.29) is 35.6 Å². The number of nitrogens with two attached hydrogens (primary N) is 1. The Morgan fingerprint density at radius 3 is 2.70 bits per heavy atom. The fourth-order valence-electron chi connectivity index (χ4n) is 3.37. The summed E-state index contributed by atoms with van der Waals surface area (Å²) in [4.78, 5) is 15.4. The van der Waals surface area contributed by atoms with E-state index < -0.39 is 5.41 Å². The maximum Gasteiger partial charge on any atom is 0.181 e. The van der Waals surface area contributed by atoms with Gasteiger partial charge in [0.15, 0.2) is 11.5 Å². The first kappa shape index (κ1) is 17.5. The van der Waals surface area contributed by atoms with Gasteiger partial charge in [-0.05, 0) is 45.2 Å². The van der Waals surface area contributed by atoms with Crippen LogP contribution in [0.3, 0.4) is 0 Å². The minimum Gasteiger partial charge on any atom is -0.500 e. The van der Waals surface area contributed by atoms with E-state index in [4.69, 9.17) is 11.0 Å². The summed E-state index contributed by atoms with van der Waals surface area (Å²) < 4.78 is 0. The molecule has 3 atom stereocenters. The quantitative estimate of drug-likeness (QED) is 0.756. The van der Waals surface area contributed by atoms with E-state index in [2.05, 4.69) is 16.7 Å². The van der Waals surface area contributed by atoms with Crippen molar-refractivity contribution in [3.05, 3.63) is 11.3 Å². The number of piperidine rings is 1. The maximum atomic E-state index is 13.3. The van der Waals surface area contributed by atoms with Crippen molar-refractivity contribution < 1.29 is 9.90 Å². The Hall–Kier alpha value is -1.82. The summed E-state index contributed by atoms with van der Waals surface area (Å²) in [6, 6.07) is 1.33. The van der Waals surface area contributed by atoms with Crippen molar-refractivity contribution in [3.63, 3.8) is 0 Å². The molecule has 0 aromatic rings. The first-order valence-corrected chi connectivity index (χ1v) is 8.32. The molecule has 1 fully saturated rings. The summed E-state index contributed by atoms with van der Waals surface area (Å²) in [5.41, 5.74) is 5.49. The smallest absolute Gasteiger partial charge is 0.181 e. The number of nitrogens with zero attached hydrogens (tertiary/aromatic N) is 2. The van der Waals surface area contributed by atoms with Crippen LogP contribution in [0.1, 0.15) is 46.0 Å². The second-order valence-corrected chi connectivity index (χ2v) is 6.68. The Bertz CT molecular complexity index is 602. The third-order valence-corrected chi connectivity index (χ3v) is 4.88. The summed E-state index contributed by atoms with van der Waals surface area (Å²) in [7, 11) is 0. The molecule has 1 saturated heterocycles. The zero-order chi connectivity index (χ0) is 17.0. The third-order valence-electron chi connectivity index (χ3n) is 4.88. The molecule has 0 spiro atoms.